The Balaban J connectivity index is 1.26. The number of carbonyl (C=O) groups is 1. The molecule has 1 saturated heterocycles. The van der Waals surface area contributed by atoms with Crippen LogP contribution in [0.2, 0.25) is 0 Å². The van der Waals surface area contributed by atoms with Gasteiger partial charge < -0.3 is 24.3 Å². The minimum Gasteiger partial charge on any atom is -0.467 e. The maximum Gasteiger partial charge on any atom is 0.317 e. The van der Waals surface area contributed by atoms with Crippen LogP contribution in [0.4, 0.5) is 4.79 Å². The summed E-state index contributed by atoms with van der Waals surface area (Å²) in [5, 5.41) is 3.04. The quantitative estimate of drug-likeness (QED) is 0.705. The maximum absolute atomic E-state index is 12.4. The van der Waals surface area contributed by atoms with E-state index in [1.54, 1.807) is 6.26 Å². The second-order valence-electron chi connectivity index (χ2n) is 7.86. The third kappa shape index (κ3) is 7.18. The van der Waals surface area contributed by atoms with E-state index in [1.807, 2.05) is 17.0 Å². The maximum atomic E-state index is 12.4. The fourth-order valence-corrected chi connectivity index (χ4v) is 4.14. The summed E-state index contributed by atoms with van der Waals surface area (Å²) in [5.41, 5.74) is 0. The lowest BCUT2D eigenvalue weighted by Crippen LogP contribution is -2.42. The van der Waals surface area contributed by atoms with Crippen molar-refractivity contribution in [1.82, 2.24) is 15.1 Å². The average molecular weight is 378 g/mol. The zero-order valence-electron chi connectivity index (χ0n) is 16.5. The van der Waals surface area contributed by atoms with Crippen molar-refractivity contribution in [2.45, 2.75) is 51.6 Å². The van der Waals surface area contributed by atoms with Crippen molar-refractivity contribution in [3.8, 4) is 0 Å². The van der Waals surface area contributed by atoms with Crippen LogP contribution >= 0.6 is 0 Å². The Hall–Kier alpha value is -1.53. The van der Waals surface area contributed by atoms with Crippen LogP contribution in [-0.4, -0.2) is 61.7 Å². The third-order valence-electron chi connectivity index (χ3n) is 5.68. The van der Waals surface area contributed by atoms with Gasteiger partial charge in [0.2, 0.25) is 0 Å². The molecule has 152 valence electrons. The summed E-state index contributed by atoms with van der Waals surface area (Å²) in [5.74, 6) is 1.71. The largest absolute Gasteiger partial charge is 0.467 e. The SMILES string of the molecule is O=C(NCCCOCc1ccco1)N1CCCN(CC2CCCCC2)CC1. The number of carbonyl (C=O) groups excluding carboxylic acids is 1. The van der Waals surface area contributed by atoms with Gasteiger partial charge in [0.05, 0.1) is 6.26 Å². The predicted octanol–water partition coefficient (Wildman–Crippen LogP) is 3.48. The summed E-state index contributed by atoms with van der Waals surface area (Å²) in [6.45, 7) is 6.83. The van der Waals surface area contributed by atoms with Crippen molar-refractivity contribution in [2.75, 3.05) is 45.9 Å². The van der Waals surface area contributed by atoms with Crippen molar-refractivity contribution in [3.63, 3.8) is 0 Å². The summed E-state index contributed by atoms with van der Waals surface area (Å²) in [4.78, 5) is 17.0. The van der Waals surface area contributed by atoms with Crippen molar-refractivity contribution in [3.05, 3.63) is 24.2 Å². The van der Waals surface area contributed by atoms with Gasteiger partial charge >= 0.3 is 6.03 Å². The lowest BCUT2D eigenvalue weighted by atomic mass is 9.89. The normalized spacial score (nSPS) is 19.8. The van der Waals surface area contributed by atoms with Gasteiger partial charge in [0.15, 0.2) is 0 Å². The number of furan rings is 1. The van der Waals surface area contributed by atoms with E-state index in [2.05, 4.69) is 10.2 Å². The monoisotopic (exact) mass is 377 g/mol. The minimum atomic E-state index is 0.0700. The van der Waals surface area contributed by atoms with E-state index < -0.39 is 0 Å². The topological polar surface area (TPSA) is 58.0 Å². The van der Waals surface area contributed by atoms with Crippen molar-refractivity contribution < 1.29 is 13.9 Å². The number of ether oxygens (including phenoxy) is 1. The molecule has 0 unspecified atom stereocenters. The highest BCUT2D eigenvalue weighted by molar-refractivity contribution is 5.74. The molecule has 3 rings (SSSR count). The summed E-state index contributed by atoms with van der Waals surface area (Å²) in [6, 6.07) is 3.83. The van der Waals surface area contributed by atoms with Crippen LogP contribution in [0, 0.1) is 5.92 Å². The number of urea groups is 1. The number of nitrogens with one attached hydrogen (secondary N) is 1. The van der Waals surface area contributed by atoms with Gasteiger partial charge in [-0.15, -0.1) is 0 Å². The Kier molecular flexibility index (Phi) is 8.49. The van der Waals surface area contributed by atoms with Crippen molar-refractivity contribution in [2.24, 2.45) is 5.92 Å². The van der Waals surface area contributed by atoms with E-state index in [0.29, 0.717) is 19.8 Å². The van der Waals surface area contributed by atoms with Crippen LogP contribution in [0.15, 0.2) is 22.8 Å². The molecule has 1 N–H and O–H groups in total. The molecule has 0 radical (unpaired) electrons. The van der Waals surface area contributed by atoms with E-state index in [-0.39, 0.29) is 6.03 Å². The van der Waals surface area contributed by atoms with Gasteiger partial charge in [0.1, 0.15) is 12.4 Å². The highest BCUT2D eigenvalue weighted by Crippen LogP contribution is 2.24. The van der Waals surface area contributed by atoms with Gasteiger partial charge in [0.25, 0.3) is 0 Å². The van der Waals surface area contributed by atoms with Crippen LogP contribution in [-0.2, 0) is 11.3 Å². The number of nitrogens with zero attached hydrogens (tertiary/aromatic N) is 2. The van der Waals surface area contributed by atoms with Gasteiger partial charge in [-0.1, -0.05) is 19.3 Å². The van der Waals surface area contributed by atoms with E-state index in [0.717, 1.165) is 50.7 Å². The predicted molar refractivity (Wildman–Crippen MR) is 106 cm³/mol. The van der Waals surface area contributed by atoms with Gasteiger partial charge in [-0.2, -0.15) is 0 Å². The molecule has 1 aromatic heterocycles. The molecule has 27 heavy (non-hydrogen) atoms. The number of hydrogen-bond acceptors (Lipinski definition) is 4. The van der Waals surface area contributed by atoms with Gasteiger partial charge in [-0.25, -0.2) is 4.79 Å². The molecule has 0 atom stereocenters. The molecule has 2 aliphatic rings. The summed E-state index contributed by atoms with van der Waals surface area (Å²) >= 11 is 0. The molecule has 1 aromatic rings. The number of amides is 2. The first-order chi connectivity index (χ1) is 13.3. The van der Waals surface area contributed by atoms with E-state index >= 15 is 0 Å². The molecule has 2 amide bonds. The van der Waals surface area contributed by atoms with Crippen LogP contribution in [0.25, 0.3) is 0 Å². The van der Waals surface area contributed by atoms with Gasteiger partial charge in [0, 0.05) is 39.3 Å². The Morgan fingerprint density at radius 1 is 1.15 bits per heavy atom. The number of hydrogen-bond donors (Lipinski definition) is 1. The highest BCUT2D eigenvalue weighted by Gasteiger charge is 2.22. The molecular weight excluding hydrogens is 342 g/mol. The Labute approximate surface area is 163 Å². The standard InChI is InChI=1S/C21H35N3O3/c25-21(22-10-5-15-26-18-20-9-4-16-27-20)24-12-6-11-23(13-14-24)17-19-7-2-1-3-8-19/h4,9,16,19H,1-3,5-8,10-15,17-18H2,(H,22,25). The average Bonchev–Trinajstić information content (AvgIpc) is 3.10. The molecule has 1 saturated carbocycles. The van der Waals surface area contributed by atoms with Crippen LogP contribution in [0.3, 0.4) is 0 Å². The molecular formula is C21H35N3O3. The molecule has 2 heterocycles. The molecule has 6 nitrogen and oxygen atoms in total. The van der Waals surface area contributed by atoms with Crippen molar-refractivity contribution in [1.29, 1.82) is 0 Å². The number of rotatable bonds is 8. The van der Waals surface area contributed by atoms with Crippen LogP contribution < -0.4 is 5.32 Å². The summed E-state index contributed by atoms with van der Waals surface area (Å²) in [6.07, 6.45) is 10.5. The molecule has 0 aromatic carbocycles. The van der Waals surface area contributed by atoms with Crippen LogP contribution in [0.5, 0.6) is 0 Å². The fraction of sp³-hybridized carbons (Fsp3) is 0.762. The zero-order chi connectivity index (χ0) is 18.7. The van der Waals surface area contributed by atoms with E-state index in [1.165, 1.54) is 38.6 Å². The first kappa shape index (κ1) is 20.2. The first-order valence-corrected chi connectivity index (χ1v) is 10.7. The molecule has 2 fully saturated rings. The van der Waals surface area contributed by atoms with Gasteiger partial charge in [-0.05, 0) is 50.3 Å². The minimum absolute atomic E-state index is 0.0700. The molecule has 6 heteroatoms. The van der Waals surface area contributed by atoms with E-state index in [4.69, 9.17) is 9.15 Å². The van der Waals surface area contributed by atoms with E-state index in [9.17, 15) is 4.79 Å². The zero-order valence-corrected chi connectivity index (χ0v) is 16.5. The second kappa shape index (κ2) is 11.3. The molecule has 0 bridgehead atoms. The van der Waals surface area contributed by atoms with Crippen LogP contribution in [0.1, 0.15) is 50.7 Å². The lowest BCUT2D eigenvalue weighted by Gasteiger charge is -2.28. The smallest absolute Gasteiger partial charge is 0.317 e. The third-order valence-corrected chi connectivity index (χ3v) is 5.68. The Morgan fingerprint density at radius 2 is 2.04 bits per heavy atom. The Bertz CT molecular complexity index is 529. The Morgan fingerprint density at radius 3 is 2.85 bits per heavy atom. The fourth-order valence-electron chi connectivity index (χ4n) is 4.14. The first-order valence-electron chi connectivity index (χ1n) is 10.7. The molecule has 1 aliphatic carbocycles. The summed E-state index contributed by atoms with van der Waals surface area (Å²) in [7, 11) is 0. The molecule has 1 aliphatic heterocycles. The lowest BCUT2D eigenvalue weighted by molar-refractivity contribution is 0.104. The highest BCUT2D eigenvalue weighted by atomic mass is 16.5. The molecule has 0 spiro atoms. The second-order valence-corrected chi connectivity index (χ2v) is 7.86. The van der Waals surface area contributed by atoms with Gasteiger partial charge in [-0.3, -0.25) is 0 Å². The van der Waals surface area contributed by atoms with Crippen molar-refractivity contribution >= 4 is 6.03 Å². The summed E-state index contributed by atoms with van der Waals surface area (Å²) < 4.78 is 10.8.